The van der Waals surface area contributed by atoms with Crippen molar-refractivity contribution in [3.63, 3.8) is 0 Å². The lowest BCUT2D eigenvalue weighted by atomic mass is 10.2. The lowest BCUT2D eigenvalue weighted by Crippen LogP contribution is -1.83. The second-order valence-corrected chi connectivity index (χ2v) is 4.52. The molecule has 1 atom stereocenters. The first-order chi connectivity index (χ1) is 6.45. The van der Waals surface area contributed by atoms with Gasteiger partial charge in [0.1, 0.15) is 0 Å². The molecule has 1 unspecified atom stereocenters. The summed E-state index contributed by atoms with van der Waals surface area (Å²) in [6, 6.07) is 10.6. The van der Waals surface area contributed by atoms with Crippen molar-refractivity contribution in [3.8, 4) is 0 Å². The van der Waals surface area contributed by atoms with Crippen LogP contribution in [0, 0.1) is 5.41 Å². The van der Waals surface area contributed by atoms with E-state index in [0.29, 0.717) is 0 Å². The fourth-order valence-corrected chi connectivity index (χ4v) is 2.55. The molecule has 0 aliphatic carbocycles. The van der Waals surface area contributed by atoms with Gasteiger partial charge in [-0.2, -0.15) is 0 Å². The van der Waals surface area contributed by atoms with Crippen molar-refractivity contribution in [1.29, 1.82) is 0 Å². The number of allylic oxidation sites excluding steroid dienone is 3. The molecule has 0 saturated carbocycles. The summed E-state index contributed by atoms with van der Waals surface area (Å²) in [6.45, 7) is 0. The van der Waals surface area contributed by atoms with Gasteiger partial charge in [-0.05, 0) is 17.0 Å². The van der Waals surface area contributed by atoms with Gasteiger partial charge in [0.25, 0.3) is 0 Å². The molecule has 1 aromatic rings. The summed E-state index contributed by atoms with van der Waals surface area (Å²) in [6.07, 6.45) is 6.13. The second-order valence-electron chi connectivity index (χ2n) is 2.86. The van der Waals surface area contributed by atoms with E-state index in [2.05, 4.69) is 47.2 Å². The first kappa shape index (κ1) is 8.52. The lowest BCUT2D eigenvalue weighted by molar-refractivity contribution is 1.42. The second kappa shape index (κ2) is 4.24. The molecule has 13 heavy (non-hydrogen) atoms. The van der Waals surface area contributed by atoms with Crippen molar-refractivity contribution in [2.24, 2.45) is 0 Å². The van der Waals surface area contributed by atoms with Crippen molar-refractivity contribution < 1.29 is 0 Å². The van der Waals surface area contributed by atoms with E-state index in [1.54, 1.807) is 0 Å². The first-order valence-corrected chi connectivity index (χ1v) is 5.74. The molecule has 0 nitrogen and oxygen atoms in total. The molecule has 0 fully saturated rings. The quantitative estimate of drug-likeness (QED) is 0.624. The van der Waals surface area contributed by atoms with Crippen LogP contribution in [0.4, 0.5) is 0 Å². The van der Waals surface area contributed by atoms with E-state index < -0.39 is 0 Å². The maximum Gasteiger partial charge on any atom is 0.0179 e. The molecule has 0 aromatic heterocycles. The third kappa shape index (κ3) is 2.43. The zero-order chi connectivity index (χ0) is 8.93. The fraction of sp³-hybridized carbons (Fsp3) is 0.0833. The van der Waals surface area contributed by atoms with Crippen LogP contribution in [-0.4, -0.2) is 5.37 Å². The standard InChI is InChI=1S/C12H11S/c1-3-7-12(8-4-1)11-13-9-5-2-6-10-13/h1-9H,11H2. The molecular formula is C12H11S. The van der Waals surface area contributed by atoms with E-state index in [-0.39, 0.29) is 10.5 Å². The molecule has 2 rings (SSSR count). The molecule has 0 amide bonds. The zero-order valence-electron chi connectivity index (χ0n) is 7.31. The summed E-state index contributed by atoms with van der Waals surface area (Å²) in [5.74, 6) is 1.08. The van der Waals surface area contributed by atoms with Crippen LogP contribution in [0.5, 0.6) is 0 Å². The van der Waals surface area contributed by atoms with E-state index in [1.165, 1.54) is 5.56 Å². The molecule has 0 spiro atoms. The molecule has 1 heteroatoms. The summed E-state index contributed by atoms with van der Waals surface area (Å²) in [5, 5.41) is 5.54. The Morgan fingerprint density at radius 1 is 1.08 bits per heavy atom. The molecule has 1 aliphatic heterocycles. The third-order valence-corrected chi connectivity index (χ3v) is 3.40. The maximum atomic E-state index is 3.33. The summed E-state index contributed by atoms with van der Waals surface area (Å²) >= 11 is 0. The average molecular weight is 187 g/mol. The SMILES string of the molecule is [C]1=CC=CC=S1Cc1ccccc1. The normalized spacial score (nSPS) is 19.8. The van der Waals surface area contributed by atoms with Crippen molar-refractivity contribution in [1.82, 2.24) is 0 Å². The van der Waals surface area contributed by atoms with Gasteiger partial charge in [0, 0.05) is 11.2 Å². The Balaban J connectivity index is 2.11. The Bertz CT molecular complexity index is 358. The van der Waals surface area contributed by atoms with Crippen LogP contribution in [0.2, 0.25) is 0 Å². The van der Waals surface area contributed by atoms with Gasteiger partial charge in [0.2, 0.25) is 0 Å². The minimum absolute atomic E-state index is 0.187. The Morgan fingerprint density at radius 3 is 2.62 bits per heavy atom. The van der Waals surface area contributed by atoms with Gasteiger partial charge in [0.15, 0.2) is 0 Å². The molecule has 0 N–H and O–H groups in total. The predicted octanol–water partition coefficient (Wildman–Crippen LogP) is 3.14. The third-order valence-electron chi connectivity index (χ3n) is 1.83. The number of hydrogen-bond donors (Lipinski definition) is 0. The lowest BCUT2D eigenvalue weighted by Gasteiger charge is -2.04. The van der Waals surface area contributed by atoms with Gasteiger partial charge in [-0.3, -0.25) is 0 Å². The highest BCUT2D eigenvalue weighted by atomic mass is 32.2. The zero-order valence-corrected chi connectivity index (χ0v) is 8.13. The molecule has 1 aromatic carbocycles. The number of rotatable bonds is 2. The first-order valence-electron chi connectivity index (χ1n) is 4.28. The van der Waals surface area contributed by atoms with Gasteiger partial charge < -0.3 is 0 Å². The highest BCUT2D eigenvalue weighted by molar-refractivity contribution is 8.16. The average Bonchev–Trinajstić information content (AvgIpc) is 2.21. The Morgan fingerprint density at radius 2 is 1.92 bits per heavy atom. The molecule has 0 bridgehead atoms. The Kier molecular flexibility index (Phi) is 2.78. The van der Waals surface area contributed by atoms with Crippen LogP contribution in [0.1, 0.15) is 5.56 Å². The van der Waals surface area contributed by atoms with E-state index in [0.717, 1.165) is 5.75 Å². The summed E-state index contributed by atoms with van der Waals surface area (Å²) in [5.41, 5.74) is 1.39. The Hall–Kier alpha value is -1.08. The monoisotopic (exact) mass is 187 g/mol. The van der Waals surface area contributed by atoms with E-state index >= 15 is 0 Å². The van der Waals surface area contributed by atoms with E-state index in [9.17, 15) is 0 Å². The van der Waals surface area contributed by atoms with Gasteiger partial charge in [-0.1, -0.05) is 42.5 Å². The molecule has 1 aliphatic rings. The van der Waals surface area contributed by atoms with Crippen molar-refractivity contribution in [2.45, 2.75) is 5.75 Å². The molecule has 0 saturated heterocycles. The number of hydrogen-bond acceptors (Lipinski definition) is 0. The minimum atomic E-state index is 0.187. The van der Waals surface area contributed by atoms with E-state index in [1.807, 2.05) is 12.2 Å². The predicted molar refractivity (Wildman–Crippen MR) is 60.8 cm³/mol. The highest BCUT2D eigenvalue weighted by Gasteiger charge is 1.94. The minimum Gasteiger partial charge on any atom is -0.149 e. The molecule has 1 radical (unpaired) electrons. The van der Waals surface area contributed by atoms with Gasteiger partial charge in [0.05, 0.1) is 0 Å². The smallest absolute Gasteiger partial charge is 0.0179 e. The van der Waals surface area contributed by atoms with Gasteiger partial charge in [-0.25, -0.2) is 0 Å². The molecular weight excluding hydrogens is 176 g/mol. The molecule has 1 heterocycles. The van der Waals surface area contributed by atoms with Crippen LogP contribution in [0.25, 0.3) is 0 Å². The van der Waals surface area contributed by atoms with Crippen LogP contribution in [0.15, 0.2) is 48.6 Å². The van der Waals surface area contributed by atoms with Crippen molar-refractivity contribution in [2.75, 3.05) is 0 Å². The topological polar surface area (TPSA) is 0 Å². The highest BCUT2D eigenvalue weighted by Crippen LogP contribution is 2.21. The van der Waals surface area contributed by atoms with Crippen LogP contribution in [0.3, 0.4) is 0 Å². The Labute approximate surface area is 81.5 Å². The van der Waals surface area contributed by atoms with Crippen molar-refractivity contribution >= 4 is 15.9 Å². The van der Waals surface area contributed by atoms with E-state index in [4.69, 9.17) is 0 Å². The molecule has 65 valence electrons. The van der Waals surface area contributed by atoms with Gasteiger partial charge in [-0.15, -0.1) is 10.5 Å². The number of benzene rings is 1. The summed E-state index contributed by atoms with van der Waals surface area (Å²) in [7, 11) is 0.187. The maximum absolute atomic E-state index is 3.33. The van der Waals surface area contributed by atoms with Crippen molar-refractivity contribution in [3.05, 3.63) is 59.5 Å². The summed E-state index contributed by atoms with van der Waals surface area (Å²) < 4.78 is 0. The fourth-order valence-electron chi connectivity index (χ4n) is 1.21. The largest absolute Gasteiger partial charge is 0.149 e. The van der Waals surface area contributed by atoms with Crippen LogP contribution in [-0.2, 0) is 5.75 Å². The van der Waals surface area contributed by atoms with Crippen LogP contribution >= 0.6 is 10.5 Å². The summed E-state index contributed by atoms with van der Waals surface area (Å²) in [4.78, 5) is 0. The van der Waals surface area contributed by atoms with Crippen LogP contribution < -0.4 is 0 Å². The van der Waals surface area contributed by atoms with Gasteiger partial charge >= 0.3 is 0 Å².